The molecular weight excluding hydrogens is 372 g/mol. The minimum atomic E-state index is 0.291. The number of nitrogens with one attached hydrogen (secondary N) is 1. The molecule has 1 saturated carbocycles. The van der Waals surface area contributed by atoms with Crippen molar-refractivity contribution >= 4 is 11.3 Å². The Balaban J connectivity index is 1.28. The quantitative estimate of drug-likeness (QED) is 0.624. The Labute approximate surface area is 168 Å². The molecule has 0 amide bonds. The molecule has 0 saturated heterocycles. The number of rotatable bonds is 7. The minimum absolute atomic E-state index is 0.291. The standard InChI is InChI=1S/C22H22N2O3S/c1-25-18-7-4-15(5-8-18)21(14-2-3-14)23-11-17-12-28-22(24-17)16-6-9-19-20(10-16)27-13-26-19/h4-10,12,14,21,23H,2-3,11,13H2,1H3. The summed E-state index contributed by atoms with van der Waals surface area (Å²) in [6.07, 6.45) is 2.56. The molecule has 5 rings (SSSR count). The Morgan fingerprint density at radius 3 is 2.75 bits per heavy atom. The topological polar surface area (TPSA) is 52.6 Å². The first kappa shape index (κ1) is 17.5. The van der Waals surface area contributed by atoms with Crippen LogP contribution in [0.15, 0.2) is 47.8 Å². The second kappa shape index (κ2) is 7.45. The number of nitrogens with zero attached hydrogens (tertiary/aromatic N) is 1. The van der Waals surface area contributed by atoms with Crippen LogP contribution < -0.4 is 19.5 Å². The molecule has 144 valence electrons. The number of ether oxygens (including phenoxy) is 3. The molecule has 3 aromatic rings. The van der Waals surface area contributed by atoms with Crippen LogP contribution in [-0.4, -0.2) is 18.9 Å². The molecule has 0 spiro atoms. The van der Waals surface area contributed by atoms with E-state index in [-0.39, 0.29) is 0 Å². The molecule has 0 radical (unpaired) electrons. The van der Waals surface area contributed by atoms with E-state index in [1.807, 2.05) is 30.3 Å². The number of hydrogen-bond donors (Lipinski definition) is 1. The number of methoxy groups -OCH3 is 1. The fraction of sp³-hybridized carbons (Fsp3) is 0.318. The molecule has 5 nitrogen and oxygen atoms in total. The van der Waals surface area contributed by atoms with E-state index in [1.54, 1.807) is 18.4 Å². The van der Waals surface area contributed by atoms with E-state index >= 15 is 0 Å². The maximum Gasteiger partial charge on any atom is 0.231 e. The summed E-state index contributed by atoms with van der Waals surface area (Å²) in [6, 6.07) is 14.7. The second-order valence-corrected chi connectivity index (χ2v) is 8.04. The maximum absolute atomic E-state index is 5.48. The highest BCUT2D eigenvalue weighted by Crippen LogP contribution is 2.41. The normalized spacial score (nSPS) is 16.2. The van der Waals surface area contributed by atoms with E-state index in [4.69, 9.17) is 19.2 Å². The van der Waals surface area contributed by atoms with Gasteiger partial charge in [0.15, 0.2) is 11.5 Å². The predicted molar refractivity (Wildman–Crippen MR) is 109 cm³/mol. The molecule has 2 aromatic carbocycles. The zero-order valence-electron chi connectivity index (χ0n) is 15.7. The fourth-order valence-electron chi connectivity index (χ4n) is 3.56. The number of hydrogen-bond acceptors (Lipinski definition) is 6. The lowest BCUT2D eigenvalue weighted by Gasteiger charge is -2.18. The van der Waals surface area contributed by atoms with Gasteiger partial charge in [0.25, 0.3) is 0 Å². The van der Waals surface area contributed by atoms with E-state index < -0.39 is 0 Å². The Bertz CT molecular complexity index is 966. The average Bonchev–Trinajstić information content (AvgIpc) is 3.27. The van der Waals surface area contributed by atoms with Gasteiger partial charge in [0.05, 0.1) is 12.8 Å². The van der Waals surface area contributed by atoms with Crippen molar-refractivity contribution < 1.29 is 14.2 Å². The van der Waals surface area contributed by atoms with E-state index in [2.05, 4.69) is 22.8 Å². The molecule has 28 heavy (non-hydrogen) atoms. The smallest absolute Gasteiger partial charge is 0.231 e. The van der Waals surface area contributed by atoms with Crippen LogP contribution in [0.3, 0.4) is 0 Å². The summed E-state index contributed by atoms with van der Waals surface area (Å²) < 4.78 is 16.1. The van der Waals surface area contributed by atoms with E-state index in [9.17, 15) is 0 Å². The van der Waals surface area contributed by atoms with Crippen molar-refractivity contribution in [2.75, 3.05) is 13.9 Å². The van der Waals surface area contributed by atoms with Crippen molar-refractivity contribution in [1.82, 2.24) is 10.3 Å². The van der Waals surface area contributed by atoms with Gasteiger partial charge in [-0.15, -0.1) is 11.3 Å². The highest BCUT2D eigenvalue weighted by atomic mass is 32.1. The van der Waals surface area contributed by atoms with Gasteiger partial charge < -0.3 is 19.5 Å². The van der Waals surface area contributed by atoms with Crippen LogP contribution in [0.5, 0.6) is 17.2 Å². The zero-order chi connectivity index (χ0) is 18.9. The minimum Gasteiger partial charge on any atom is -0.497 e. The van der Waals surface area contributed by atoms with Crippen molar-refractivity contribution in [2.24, 2.45) is 5.92 Å². The Kier molecular flexibility index (Phi) is 4.66. The molecule has 1 atom stereocenters. The molecule has 1 aliphatic heterocycles. The van der Waals surface area contributed by atoms with Gasteiger partial charge in [-0.25, -0.2) is 4.98 Å². The van der Waals surface area contributed by atoms with Crippen molar-refractivity contribution in [2.45, 2.75) is 25.4 Å². The average molecular weight is 394 g/mol. The van der Waals surface area contributed by atoms with E-state index in [0.717, 1.165) is 40.1 Å². The fourth-order valence-corrected chi connectivity index (χ4v) is 4.38. The summed E-state index contributed by atoms with van der Waals surface area (Å²) in [5.74, 6) is 3.20. The summed E-state index contributed by atoms with van der Waals surface area (Å²) in [5.41, 5.74) is 3.45. The van der Waals surface area contributed by atoms with Crippen molar-refractivity contribution in [3.8, 4) is 27.8 Å². The van der Waals surface area contributed by atoms with Gasteiger partial charge in [0.2, 0.25) is 6.79 Å². The van der Waals surface area contributed by atoms with Crippen LogP contribution in [0.1, 0.15) is 30.1 Å². The molecule has 1 fully saturated rings. The van der Waals surface area contributed by atoms with Crippen molar-refractivity contribution in [3.63, 3.8) is 0 Å². The molecule has 2 heterocycles. The van der Waals surface area contributed by atoms with Crippen LogP contribution in [-0.2, 0) is 6.54 Å². The summed E-state index contributed by atoms with van der Waals surface area (Å²) in [4.78, 5) is 4.82. The number of benzene rings is 2. The van der Waals surface area contributed by atoms with E-state index in [0.29, 0.717) is 18.8 Å². The summed E-state index contributed by atoms with van der Waals surface area (Å²) in [7, 11) is 1.70. The monoisotopic (exact) mass is 394 g/mol. The van der Waals surface area contributed by atoms with Gasteiger partial charge >= 0.3 is 0 Å². The van der Waals surface area contributed by atoms with Crippen LogP contribution >= 0.6 is 11.3 Å². The van der Waals surface area contributed by atoms with Gasteiger partial charge in [-0.05, 0) is 54.7 Å². The molecule has 2 aliphatic rings. The van der Waals surface area contributed by atoms with E-state index in [1.165, 1.54) is 18.4 Å². The summed E-state index contributed by atoms with van der Waals surface area (Å²) in [6.45, 7) is 1.05. The molecule has 1 unspecified atom stereocenters. The first-order chi connectivity index (χ1) is 13.8. The maximum atomic E-state index is 5.48. The first-order valence-corrected chi connectivity index (χ1v) is 10.4. The SMILES string of the molecule is COc1ccc(C(NCc2csc(-c3ccc4c(c3)OCO4)n2)C2CC2)cc1. The third-order valence-electron chi connectivity index (χ3n) is 5.24. The Hall–Kier alpha value is -2.57. The molecule has 0 bridgehead atoms. The van der Waals surface area contributed by atoms with Crippen LogP contribution in [0.25, 0.3) is 10.6 Å². The molecule has 6 heteroatoms. The number of thiazole rings is 1. The second-order valence-electron chi connectivity index (χ2n) is 7.18. The third kappa shape index (κ3) is 3.57. The Morgan fingerprint density at radius 1 is 1.14 bits per heavy atom. The van der Waals surface area contributed by atoms with Crippen LogP contribution in [0.4, 0.5) is 0 Å². The zero-order valence-corrected chi connectivity index (χ0v) is 16.5. The van der Waals surface area contributed by atoms with Gasteiger partial charge in [0, 0.05) is 23.5 Å². The van der Waals surface area contributed by atoms with Crippen LogP contribution in [0.2, 0.25) is 0 Å². The largest absolute Gasteiger partial charge is 0.497 e. The lowest BCUT2D eigenvalue weighted by atomic mass is 10.0. The first-order valence-electron chi connectivity index (χ1n) is 9.52. The van der Waals surface area contributed by atoms with Gasteiger partial charge in [0.1, 0.15) is 10.8 Å². The Morgan fingerprint density at radius 2 is 1.96 bits per heavy atom. The summed E-state index contributed by atoms with van der Waals surface area (Å²) >= 11 is 1.66. The lowest BCUT2D eigenvalue weighted by Crippen LogP contribution is -2.22. The van der Waals surface area contributed by atoms with Crippen LogP contribution in [0, 0.1) is 5.92 Å². The number of aromatic nitrogens is 1. The molecule has 1 N–H and O–H groups in total. The summed E-state index contributed by atoms with van der Waals surface area (Å²) in [5, 5.41) is 6.85. The molecule has 1 aliphatic carbocycles. The molecular formula is C22H22N2O3S. The van der Waals surface area contributed by atoms with Gasteiger partial charge in [-0.1, -0.05) is 12.1 Å². The lowest BCUT2D eigenvalue weighted by molar-refractivity contribution is 0.174. The number of fused-ring (bicyclic) bond motifs is 1. The predicted octanol–water partition coefficient (Wildman–Crippen LogP) is 4.79. The highest BCUT2D eigenvalue weighted by molar-refractivity contribution is 7.13. The van der Waals surface area contributed by atoms with Gasteiger partial charge in [-0.2, -0.15) is 0 Å². The molecule has 1 aromatic heterocycles. The van der Waals surface area contributed by atoms with Crippen molar-refractivity contribution in [1.29, 1.82) is 0 Å². The van der Waals surface area contributed by atoms with Gasteiger partial charge in [-0.3, -0.25) is 0 Å². The van der Waals surface area contributed by atoms with Crippen molar-refractivity contribution in [3.05, 3.63) is 59.1 Å². The third-order valence-corrected chi connectivity index (χ3v) is 6.18. The highest BCUT2D eigenvalue weighted by Gasteiger charge is 2.32.